The lowest BCUT2D eigenvalue weighted by Crippen LogP contribution is -2.27. The van der Waals surface area contributed by atoms with Crippen molar-refractivity contribution < 1.29 is 9.53 Å². The molecule has 0 aliphatic carbocycles. The second-order valence-corrected chi connectivity index (χ2v) is 6.25. The third-order valence-electron chi connectivity index (χ3n) is 2.96. The molecule has 0 saturated carbocycles. The van der Waals surface area contributed by atoms with E-state index in [1.807, 2.05) is 69.3 Å². The molecule has 4 heteroatoms. The number of nitrogen functional groups attached to an aromatic ring is 1. The first kappa shape index (κ1) is 15.9. The first-order valence-electron chi connectivity index (χ1n) is 7.25. The molecular weight excluding hydrogens is 276 g/mol. The van der Waals surface area contributed by atoms with Crippen molar-refractivity contribution in [2.24, 2.45) is 0 Å². The van der Waals surface area contributed by atoms with Crippen LogP contribution in [0.4, 0.5) is 16.2 Å². The quantitative estimate of drug-likeness (QED) is 0.834. The second kappa shape index (κ2) is 6.52. The number of carbonyl (C=O) groups excluding carboxylic acids is 1. The number of amides is 1. The minimum atomic E-state index is -0.503. The molecule has 0 aliphatic heterocycles. The van der Waals surface area contributed by atoms with Crippen LogP contribution in [0.5, 0.6) is 0 Å². The Labute approximate surface area is 131 Å². The molecule has 0 fully saturated rings. The van der Waals surface area contributed by atoms with Gasteiger partial charge in [0.2, 0.25) is 0 Å². The van der Waals surface area contributed by atoms with Crippen LogP contribution in [0.1, 0.15) is 31.9 Å². The fourth-order valence-electron chi connectivity index (χ4n) is 2.07. The first-order valence-corrected chi connectivity index (χ1v) is 7.25. The zero-order valence-corrected chi connectivity index (χ0v) is 13.2. The van der Waals surface area contributed by atoms with Gasteiger partial charge in [-0.15, -0.1) is 0 Å². The van der Waals surface area contributed by atoms with E-state index in [9.17, 15) is 4.79 Å². The van der Waals surface area contributed by atoms with Gasteiger partial charge >= 0.3 is 6.09 Å². The molecule has 0 unspecified atom stereocenters. The first-order chi connectivity index (χ1) is 10.3. The van der Waals surface area contributed by atoms with Crippen LogP contribution >= 0.6 is 0 Å². The molecule has 2 aromatic rings. The molecule has 1 amide bonds. The van der Waals surface area contributed by atoms with E-state index in [2.05, 4.69) is 5.32 Å². The Balaban J connectivity index is 1.97. The van der Waals surface area contributed by atoms with Gasteiger partial charge in [-0.1, -0.05) is 24.3 Å². The SMILES string of the molecule is CC(C)(C)OC(=O)Nc1ccc(Cc2cccc(N)c2)cc1. The van der Waals surface area contributed by atoms with E-state index in [4.69, 9.17) is 10.5 Å². The maximum Gasteiger partial charge on any atom is 0.412 e. The Morgan fingerprint density at radius 2 is 1.77 bits per heavy atom. The van der Waals surface area contributed by atoms with Crippen LogP contribution in [0.2, 0.25) is 0 Å². The highest BCUT2D eigenvalue weighted by Crippen LogP contribution is 2.16. The number of ether oxygens (including phenoxy) is 1. The second-order valence-electron chi connectivity index (χ2n) is 6.25. The number of nitrogens with two attached hydrogens (primary N) is 1. The molecule has 0 heterocycles. The third-order valence-corrected chi connectivity index (χ3v) is 2.96. The van der Waals surface area contributed by atoms with Crippen molar-refractivity contribution in [3.63, 3.8) is 0 Å². The van der Waals surface area contributed by atoms with Crippen LogP contribution in [-0.4, -0.2) is 11.7 Å². The van der Waals surface area contributed by atoms with Gasteiger partial charge in [0.25, 0.3) is 0 Å². The van der Waals surface area contributed by atoms with Crippen LogP contribution in [0, 0.1) is 0 Å². The van der Waals surface area contributed by atoms with Crippen LogP contribution in [0.25, 0.3) is 0 Å². The summed E-state index contributed by atoms with van der Waals surface area (Å²) in [6.45, 7) is 5.50. The summed E-state index contributed by atoms with van der Waals surface area (Å²) in [6.07, 6.45) is 0.355. The van der Waals surface area contributed by atoms with E-state index in [0.29, 0.717) is 5.69 Å². The number of hydrogen-bond acceptors (Lipinski definition) is 3. The topological polar surface area (TPSA) is 64.3 Å². The number of nitrogens with one attached hydrogen (secondary N) is 1. The van der Waals surface area contributed by atoms with Gasteiger partial charge in [0.1, 0.15) is 5.60 Å². The lowest BCUT2D eigenvalue weighted by Gasteiger charge is -2.19. The zero-order valence-electron chi connectivity index (χ0n) is 13.2. The van der Waals surface area contributed by atoms with Crippen molar-refractivity contribution in [2.75, 3.05) is 11.1 Å². The monoisotopic (exact) mass is 298 g/mol. The van der Waals surface area contributed by atoms with Crippen LogP contribution < -0.4 is 11.1 Å². The van der Waals surface area contributed by atoms with Crippen molar-refractivity contribution in [3.05, 3.63) is 59.7 Å². The fraction of sp³-hybridized carbons (Fsp3) is 0.278. The molecule has 0 bridgehead atoms. The maximum absolute atomic E-state index is 11.7. The van der Waals surface area contributed by atoms with Crippen molar-refractivity contribution >= 4 is 17.5 Å². The summed E-state index contributed by atoms with van der Waals surface area (Å²) in [6, 6.07) is 15.5. The highest BCUT2D eigenvalue weighted by molar-refractivity contribution is 5.84. The Morgan fingerprint density at radius 3 is 2.36 bits per heavy atom. The van der Waals surface area contributed by atoms with Gasteiger partial charge in [0.15, 0.2) is 0 Å². The van der Waals surface area contributed by atoms with Gasteiger partial charge in [0.05, 0.1) is 0 Å². The molecule has 0 aliphatic rings. The summed E-state index contributed by atoms with van der Waals surface area (Å²) in [4.78, 5) is 11.7. The van der Waals surface area contributed by atoms with Crippen molar-refractivity contribution in [2.45, 2.75) is 32.8 Å². The van der Waals surface area contributed by atoms with E-state index in [-0.39, 0.29) is 0 Å². The molecule has 0 atom stereocenters. The van der Waals surface area contributed by atoms with Crippen LogP contribution in [0.3, 0.4) is 0 Å². The normalized spacial score (nSPS) is 11.0. The number of rotatable bonds is 3. The number of benzene rings is 2. The number of carbonyl (C=O) groups is 1. The molecule has 22 heavy (non-hydrogen) atoms. The molecule has 0 aromatic heterocycles. The number of anilines is 2. The summed E-state index contributed by atoms with van der Waals surface area (Å²) < 4.78 is 5.22. The van der Waals surface area contributed by atoms with Gasteiger partial charge in [-0.2, -0.15) is 0 Å². The smallest absolute Gasteiger partial charge is 0.412 e. The van der Waals surface area contributed by atoms with Crippen molar-refractivity contribution in [1.29, 1.82) is 0 Å². The van der Waals surface area contributed by atoms with Gasteiger partial charge < -0.3 is 10.5 Å². The molecule has 2 rings (SSSR count). The highest BCUT2D eigenvalue weighted by atomic mass is 16.6. The highest BCUT2D eigenvalue weighted by Gasteiger charge is 2.16. The molecule has 0 radical (unpaired) electrons. The fourth-order valence-corrected chi connectivity index (χ4v) is 2.07. The Morgan fingerprint density at radius 1 is 1.09 bits per heavy atom. The number of hydrogen-bond donors (Lipinski definition) is 2. The summed E-state index contributed by atoms with van der Waals surface area (Å²) in [7, 11) is 0. The Bertz CT molecular complexity index is 643. The van der Waals surface area contributed by atoms with Gasteiger partial charge in [-0.3, -0.25) is 5.32 Å². The van der Waals surface area contributed by atoms with E-state index >= 15 is 0 Å². The minimum Gasteiger partial charge on any atom is -0.444 e. The van der Waals surface area contributed by atoms with Crippen molar-refractivity contribution in [1.82, 2.24) is 0 Å². The average Bonchev–Trinajstić information content (AvgIpc) is 2.39. The van der Waals surface area contributed by atoms with Crippen LogP contribution in [0.15, 0.2) is 48.5 Å². The summed E-state index contributed by atoms with van der Waals surface area (Å²) in [5, 5.41) is 2.72. The molecule has 3 N–H and O–H groups in total. The summed E-state index contributed by atoms with van der Waals surface area (Å²) >= 11 is 0. The average molecular weight is 298 g/mol. The molecule has 0 saturated heterocycles. The zero-order chi connectivity index (χ0) is 16.2. The third kappa shape index (κ3) is 5.13. The molecule has 4 nitrogen and oxygen atoms in total. The summed E-state index contributed by atoms with van der Waals surface area (Å²) in [5.41, 5.74) is 9.07. The summed E-state index contributed by atoms with van der Waals surface area (Å²) in [5.74, 6) is 0. The molecule has 116 valence electrons. The largest absolute Gasteiger partial charge is 0.444 e. The predicted molar refractivity (Wildman–Crippen MR) is 90.0 cm³/mol. The minimum absolute atomic E-state index is 0.448. The van der Waals surface area contributed by atoms with E-state index < -0.39 is 11.7 Å². The lowest BCUT2D eigenvalue weighted by molar-refractivity contribution is 0.0636. The lowest BCUT2D eigenvalue weighted by atomic mass is 10.0. The Hall–Kier alpha value is -2.49. The van der Waals surface area contributed by atoms with E-state index in [1.165, 1.54) is 0 Å². The predicted octanol–water partition coefficient (Wildman–Crippen LogP) is 4.21. The van der Waals surface area contributed by atoms with Crippen LogP contribution in [-0.2, 0) is 11.2 Å². The van der Waals surface area contributed by atoms with E-state index in [1.54, 1.807) is 0 Å². The van der Waals surface area contributed by atoms with Gasteiger partial charge in [-0.05, 0) is 62.6 Å². The maximum atomic E-state index is 11.7. The van der Waals surface area contributed by atoms with E-state index in [0.717, 1.165) is 23.2 Å². The molecule has 0 spiro atoms. The molecular formula is C18H22N2O2. The standard InChI is InChI=1S/C18H22N2O2/c1-18(2,3)22-17(21)20-16-9-7-13(8-10-16)11-14-5-4-6-15(19)12-14/h4-10,12H,11,19H2,1-3H3,(H,20,21). The van der Waals surface area contributed by atoms with Gasteiger partial charge in [0, 0.05) is 11.4 Å². The molecule has 2 aromatic carbocycles. The Kier molecular flexibility index (Phi) is 4.71. The van der Waals surface area contributed by atoms with Crippen molar-refractivity contribution in [3.8, 4) is 0 Å². The van der Waals surface area contributed by atoms with Gasteiger partial charge in [-0.25, -0.2) is 4.79 Å².